The second kappa shape index (κ2) is 4.34. The summed E-state index contributed by atoms with van der Waals surface area (Å²) in [5.74, 6) is 2.60. The Balaban J connectivity index is 1.63. The van der Waals surface area contributed by atoms with Crippen molar-refractivity contribution in [2.75, 3.05) is 5.73 Å². The molecular weight excluding hydrogens is 210 g/mol. The van der Waals surface area contributed by atoms with Crippen LogP contribution in [0.25, 0.3) is 0 Å². The summed E-state index contributed by atoms with van der Waals surface area (Å²) < 4.78 is 0. The van der Waals surface area contributed by atoms with Gasteiger partial charge in [0.2, 0.25) is 0 Å². The van der Waals surface area contributed by atoms with Gasteiger partial charge in [0.25, 0.3) is 0 Å². The van der Waals surface area contributed by atoms with E-state index in [1.54, 1.807) is 0 Å². The highest BCUT2D eigenvalue weighted by molar-refractivity contribution is 5.39. The van der Waals surface area contributed by atoms with Crippen LogP contribution in [0.2, 0.25) is 0 Å². The van der Waals surface area contributed by atoms with E-state index in [2.05, 4.69) is 0 Å². The SMILES string of the molecule is Nc1ccc(C(O)CC2CC3CCC2C3)cc1. The summed E-state index contributed by atoms with van der Waals surface area (Å²) in [6.07, 6.45) is 6.21. The number of anilines is 1. The average molecular weight is 231 g/mol. The van der Waals surface area contributed by atoms with Gasteiger partial charge in [-0.25, -0.2) is 0 Å². The fourth-order valence-electron chi connectivity index (χ4n) is 3.81. The van der Waals surface area contributed by atoms with E-state index >= 15 is 0 Å². The highest BCUT2D eigenvalue weighted by Gasteiger charge is 2.39. The van der Waals surface area contributed by atoms with Gasteiger partial charge in [0.1, 0.15) is 0 Å². The molecule has 1 aromatic rings. The van der Waals surface area contributed by atoms with Gasteiger partial charge in [-0.3, -0.25) is 0 Å². The molecule has 4 unspecified atom stereocenters. The smallest absolute Gasteiger partial charge is 0.0792 e. The van der Waals surface area contributed by atoms with Crippen LogP contribution in [-0.4, -0.2) is 5.11 Å². The summed E-state index contributed by atoms with van der Waals surface area (Å²) in [6, 6.07) is 7.65. The van der Waals surface area contributed by atoms with Crippen LogP contribution in [0.15, 0.2) is 24.3 Å². The van der Waals surface area contributed by atoms with Crippen LogP contribution in [0.5, 0.6) is 0 Å². The fraction of sp³-hybridized carbons (Fsp3) is 0.600. The van der Waals surface area contributed by atoms with E-state index in [9.17, 15) is 5.11 Å². The van der Waals surface area contributed by atoms with Crippen molar-refractivity contribution in [1.29, 1.82) is 0 Å². The van der Waals surface area contributed by atoms with E-state index in [-0.39, 0.29) is 6.10 Å². The van der Waals surface area contributed by atoms with Gasteiger partial charge >= 0.3 is 0 Å². The van der Waals surface area contributed by atoms with Crippen molar-refractivity contribution in [2.45, 2.75) is 38.2 Å². The minimum atomic E-state index is -0.306. The number of aliphatic hydroxyl groups excluding tert-OH is 1. The molecule has 0 heterocycles. The average Bonchev–Trinajstić information content (AvgIpc) is 2.91. The van der Waals surface area contributed by atoms with Crippen molar-refractivity contribution < 1.29 is 5.11 Å². The molecule has 2 bridgehead atoms. The Morgan fingerprint density at radius 1 is 1.18 bits per heavy atom. The number of nitrogens with two attached hydrogens (primary N) is 1. The third-order valence-electron chi connectivity index (χ3n) is 4.73. The van der Waals surface area contributed by atoms with Gasteiger partial charge in [-0.2, -0.15) is 0 Å². The van der Waals surface area contributed by atoms with Gasteiger partial charge in [-0.05, 0) is 61.1 Å². The molecule has 0 radical (unpaired) electrons. The predicted molar refractivity (Wildman–Crippen MR) is 69.4 cm³/mol. The molecule has 2 saturated carbocycles. The molecule has 0 amide bonds. The number of benzene rings is 1. The first-order valence-electron chi connectivity index (χ1n) is 6.76. The molecule has 3 N–H and O–H groups in total. The lowest BCUT2D eigenvalue weighted by Crippen LogP contribution is -2.14. The summed E-state index contributed by atoms with van der Waals surface area (Å²) in [7, 11) is 0. The van der Waals surface area contributed by atoms with Crippen LogP contribution < -0.4 is 5.73 Å². The predicted octanol–water partition coefficient (Wildman–Crippen LogP) is 3.13. The topological polar surface area (TPSA) is 46.2 Å². The van der Waals surface area contributed by atoms with Crippen LogP contribution in [0.4, 0.5) is 5.69 Å². The molecule has 0 saturated heterocycles. The molecule has 0 spiro atoms. The largest absolute Gasteiger partial charge is 0.399 e. The van der Waals surface area contributed by atoms with Crippen LogP contribution in [-0.2, 0) is 0 Å². The van der Waals surface area contributed by atoms with E-state index in [1.165, 1.54) is 25.7 Å². The fourth-order valence-corrected chi connectivity index (χ4v) is 3.81. The highest BCUT2D eigenvalue weighted by Crippen LogP contribution is 2.50. The number of hydrogen-bond donors (Lipinski definition) is 2. The van der Waals surface area contributed by atoms with Crippen molar-refractivity contribution in [3.05, 3.63) is 29.8 Å². The molecule has 3 rings (SSSR count). The molecular formula is C15H21NO. The molecule has 17 heavy (non-hydrogen) atoms. The maximum atomic E-state index is 10.3. The van der Waals surface area contributed by atoms with E-state index in [0.29, 0.717) is 0 Å². The van der Waals surface area contributed by atoms with Crippen LogP contribution in [0.1, 0.15) is 43.8 Å². The highest BCUT2D eigenvalue weighted by atomic mass is 16.3. The summed E-state index contributed by atoms with van der Waals surface area (Å²) in [5, 5.41) is 10.3. The molecule has 1 aromatic carbocycles. The van der Waals surface area contributed by atoms with E-state index in [1.807, 2.05) is 24.3 Å². The summed E-state index contributed by atoms with van der Waals surface area (Å²) >= 11 is 0. The van der Waals surface area contributed by atoms with Crippen LogP contribution in [0, 0.1) is 17.8 Å². The Kier molecular flexibility index (Phi) is 2.83. The summed E-state index contributed by atoms with van der Waals surface area (Å²) in [5.41, 5.74) is 7.44. The van der Waals surface area contributed by atoms with E-state index in [0.717, 1.165) is 35.4 Å². The van der Waals surface area contributed by atoms with E-state index < -0.39 is 0 Å². The molecule has 92 valence electrons. The maximum absolute atomic E-state index is 10.3. The lowest BCUT2D eigenvalue weighted by atomic mass is 9.83. The number of nitrogen functional groups attached to an aromatic ring is 1. The van der Waals surface area contributed by atoms with Crippen LogP contribution in [0.3, 0.4) is 0 Å². The Morgan fingerprint density at radius 2 is 1.94 bits per heavy atom. The second-order valence-electron chi connectivity index (χ2n) is 5.85. The molecule has 2 aliphatic carbocycles. The van der Waals surface area contributed by atoms with Crippen molar-refractivity contribution in [1.82, 2.24) is 0 Å². The standard InChI is InChI=1S/C15H21NO/c16-14-5-3-11(4-6-14)15(17)9-13-8-10-1-2-12(13)7-10/h3-6,10,12-13,15,17H,1-2,7-9,16H2. The van der Waals surface area contributed by atoms with E-state index in [4.69, 9.17) is 5.73 Å². The Morgan fingerprint density at radius 3 is 2.53 bits per heavy atom. The Bertz CT molecular complexity index is 386. The third kappa shape index (κ3) is 2.19. The van der Waals surface area contributed by atoms with Crippen molar-refractivity contribution in [3.63, 3.8) is 0 Å². The third-order valence-corrected chi connectivity index (χ3v) is 4.73. The molecule has 2 nitrogen and oxygen atoms in total. The second-order valence-corrected chi connectivity index (χ2v) is 5.85. The number of fused-ring (bicyclic) bond motifs is 2. The first-order valence-corrected chi connectivity index (χ1v) is 6.76. The zero-order valence-electron chi connectivity index (χ0n) is 10.2. The van der Waals surface area contributed by atoms with Gasteiger partial charge in [-0.1, -0.05) is 18.6 Å². The molecule has 2 heteroatoms. The minimum Gasteiger partial charge on any atom is -0.399 e. The number of aliphatic hydroxyl groups is 1. The van der Waals surface area contributed by atoms with Gasteiger partial charge in [-0.15, -0.1) is 0 Å². The summed E-state index contributed by atoms with van der Waals surface area (Å²) in [4.78, 5) is 0. The molecule has 2 fully saturated rings. The number of rotatable bonds is 3. The van der Waals surface area contributed by atoms with Gasteiger partial charge in [0.05, 0.1) is 6.10 Å². The van der Waals surface area contributed by atoms with Crippen molar-refractivity contribution >= 4 is 5.69 Å². The normalized spacial score (nSPS) is 32.9. The zero-order chi connectivity index (χ0) is 11.8. The summed E-state index contributed by atoms with van der Waals surface area (Å²) in [6.45, 7) is 0. The van der Waals surface area contributed by atoms with Gasteiger partial charge in [0.15, 0.2) is 0 Å². The first kappa shape index (κ1) is 11.1. The Hall–Kier alpha value is -1.02. The quantitative estimate of drug-likeness (QED) is 0.785. The molecule has 2 aliphatic rings. The van der Waals surface area contributed by atoms with Crippen molar-refractivity contribution in [3.8, 4) is 0 Å². The van der Waals surface area contributed by atoms with Crippen molar-refractivity contribution in [2.24, 2.45) is 17.8 Å². The Labute approximate surface area is 103 Å². The first-order chi connectivity index (χ1) is 8.22. The lowest BCUT2D eigenvalue weighted by molar-refractivity contribution is 0.125. The lowest BCUT2D eigenvalue weighted by Gasteiger charge is -2.24. The maximum Gasteiger partial charge on any atom is 0.0792 e. The van der Waals surface area contributed by atoms with Gasteiger partial charge in [0, 0.05) is 5.69 Å². The molecule has 4 atom stereocenters. The minimum absolute atomic E-state index is 0.306. The zero-order valence-corrected chi connectivity index (χ0v) is 10.2. The number of hydrogen-bond acceptors (Lipinski definition) is 2. The molecule has 0 aliphatic heterocycles. The monoisotopic (exact) mass is 231 g/mol. The molecule has 0 aromatic heterocycles. The van der Waals surface area contributed by atoms with Crippen LogP contribution >= 0.6 is 0 Å². The van der Waals surface area contributed by atoms with Gasteiger partial charge < -0.3 is 10.8 Å².